The first kappa shape index (κ1) is 16.4. The molecule has 0 saturated carbocycles. The van der Waals surface area contributed by atoms with Crippen LogP contribution < -0.4 is 14.5 Å². The zero-order chi connectivity index (χ0) is 17.2. The molecule has 8 heteroatoms. The van der Waals surface area contributed by atoms with Gasteiger partial charge in [-0.3, -0.25) is 0 Å². The lowest BCUT2D eigenvalue weighted by Crippen LogP contribution is -2.47. The van der Waals surface area contributed by atoms with Gasteiger partial charge >= 0.3 is 6.18 Å². The number of para-hydroxylation sites is 2. The highest BCUT2D eigenvalue weighted by atomic mass is 19.4. The third kappa shape index (κ3) is 3.37. The van der Waals surface area contributed by atoms with Crippen molar-refractivity contribution in [3.05, 3.63) is 42.4 Å². The van der Waals surface area contributed by atoms with Crippen molar-refractivity contribution in [2.45, 2.75) is 6.18 Å². The zero-order valence-corrected chi connectivity index (χ0v) is 13.1. The third-order valence-corrected chi connectivity index (χ3v) is 3.97. The van der Waals surface area contributed by atoms with Crippen molar-refractivity contribution < 1.29 is 17.9 Å². The molecule has 5 nitrogen and oxygen atoms in total. The number of halogens is 3. The molecule has 0 amide bonds. The Hall–Kier alpha value is -2.51. The summed E-state index contributed by atoms with van der Waals surface area (Å²) in [5, 5.41) is 0. The van der Waals surface area contributed by atoms with Crippen LogP contribution in [-0.2, 0) is 6.18 Å². The smallest absolute Gasteiger partial charge is 0.433 e. The molecule has 128 valence electrons. The van der Waals surface area contributed by atoms with Crippen LogP contribution in [0.3, 0.4) is 0 Å². The molecule has 1 aliphatic heterocycles. The van der Waals surface area contributed by atoms with Crippen LogP contribution in [0.15, 0.2) is 36.7 Å². The van der Waals surface area contributed by atoms with E-state index in [2.05, 4.69) is 14.9 Å². The van der Waals surface area contributed by atoms with Gasteiger partial charge < -0.3 is 14.5 Å². The molecule has 1 aliphatic rings. The van der Waals surface area contributed by atoms with E-state index in [0.717, 1.165) is 23.8 Å². The standard InChI is InChI=1S/C16H17F3N4O/c1-24-13-5-3-2-4-12(13)22-6-8-23(9-7-22)15-10-14(16(17,18)19)20-11-21-15/h2-5,10-11H,6-9H2,1H3. The van der Waals surface area contributed by atoms with E-state index in [0.29, 0.717) is 32.0 Å². The first-order valence-electron chi connectivity index (χ1n) is 7.51. The van der Waals surface area contributed by atoms with Crippen molar-refractivity contribution >= 4 is 11.5 Å². The number of piperazine rings is 1. The fraction of sp³-hybridized carbons (Fsp3) is 0.375. The second-order valence-corrected chi connectivity index (χ2v) is 5.41. The third-order valence-electron chi connectivity index (χ3n) is 3.97. The highest BCUT2D eigenvalue weighted by Gasteiger charge is 2.33. The van der Waals surface area contributed by atoms with Gasteiger partial charge in [0.25, 0.3) is 0 Å². The van der Waals surface area contributed by atoms with Gasteiger partial charge in [-0.2, -0.15) is 13.2 Å². The van der Waals surface area contributed by atoms with Gasteiger partial charge in [0.15, 0.2) is 0 Å². The molecule has 0 bridgehead atoms. The average molecular weight is 338 g/mol. The van der Waals surface area contributed by atoms with Crippen molar-refractivity contribution in [1.82, 2.24) is 9.97 Å². The maximum Gasteiger partial charge on any atom is 0.433 e. The molecule has 1 aromatic heterocycles. The Balaban J connectivity index is 1.71. The van der Waals surface area contributed by atoms with Crippen molar-refractivity contribution in [2.75, 3.05) is 43.1 Å². The number of benzene rings is 1. The lowest BCUT2D eigenvalue weighted by molar-refractivity contribution is -0.141. The Morgan fingerprint density at radius 3 is 2.33 bits per heavy atom. The van der Waals surface area contributed by atoms with E-state index in [1.165, 1.54) is 0 Å². The van der Waals surface area contributed by atoms with Gasteiger partial charge in [0.05, 0.1) is 12.8 Å². The van der Waals surface area contributed by atoms with Crippen LogP contribution in [0.4, 0.5) is 24.7 Å². The lowest BCUT2D eigenvalue weighted by Gasteiger charge is -2.37. The molecule has 3 rings (SSSR count). The molecule has 1 aromatic carbocycles. The van der Waals surface area contributed by atoms with E-state index in [1.807, 2.05) is 29.2 Å². The molecule has 0 N–H and O–H groups in total. The number of anilines is 2. The average Bonchev–Trinajstić information content (AvgIpc) is 2.61. The lowest BCUT2D eigenvalue weighted by atomic mass is 10.2. The highest BCUT2D eigenvalue weighted by Crippen LogP contribution is 2.31. The second kappa shape index (κ2) is 6.54. The molecule has 0 unspecified atom stereocenters. The monoisotopic (exact) mass is 338 g/mol. The second-order valence-electron chi connectivity index (χ2n) is 5.41. The van der Waals surface area contributed by atoms with Crippen molar-refractivity contribution in [3.8, 4) is 5.75 Å². The number of hydrogen-bond acceptors (Lipinski definition) is 5. The Bertz CT molecular complexity index is 700. The summed E-state index contributed by atoms with van der Waals surface area (Å²) in [4.78, 5) is 11.3. The normalized spacial score (nSPS) is 15.5. The molecule has 0 aliphatic carbocycles. The van der Waals surface area contributed by atoms with E-state index in [1.54, 1.807) is 7.11 Å². The Kier molecular flexibility index (Phi) is 4.46. The van der Waals surface area contributed by atoms with Gasteiger partial charge in [0.2, 0.25) is 0 Å². The minimum absolute atomic E-state index is 0.303. The summed E-state index contributed by atoms with van der Waals surface area (Å²) in [7, 11) is 1.62. The molecular formula is C16H17F3N4O. The summed E-state index contributed by atoms with van der Waals surface area (Å²) in [6.07, 6.45) is -3.50. The number of rotatable bonds is 3. The Morgan fingerprint density at radius 2 is 1.67 bits per heavy atom. The highest BCUT2D eigenvalue weighted by molar-refractivity contribution is 5.59. The largest absolute Gasteiger partial charge is 0.495 e. The molecule has 1 fully saturated rings. The van der Waals surface area contributed by atoms with Crippen LogP contribution in [0.25, 0.3) is 0 Å². The molecule has 24 heavy (non-hydrogen) atoms. The first-order chi connectivity index (χ1) is 11.5. The van der Waals surface area contributed by atoms with E-state index >= 15 is 0 Å². The van der Waals surface area contributed by atoms with Crippen molar-refractivity contribution in [2.24, 2.45) is 0 Å². The fourth-order valence-electron chi connectivity index (χ4n) is 2.74. The van der Waals surface area contributed by atoms with Crippen LogP contribution >= 0.6 is 0 Å². The van der Waals surface area contributed by atoms with Crippen LogP contribution in [-0.4, -0.2) is 43.3 Å². The van der Waals surface area contributed by atoms with Gasteiger partial charge in [0, 0.05) is 32.2 Å². The topological polar surface area (TPSA) is 41.5 Å². The Labute approximate surface area is 137 Å². The van der Waals surface area contributed by atoms with Crippen molar-refractivity contribution in [1.29, 1.82) is 0 Å². The first-order valence-corrected chi connectivity index (χ1v) is 7.51. The summed E-state index contributed by atoms with van der Waals surface area (Å²) in [6, 6.07) is 8.70. The van der Waals surface area contributed by atoms with E-state index < -0.39 is 11.9 Å². The van der Waals surface area contributed by atoms with E-state index in [9.17, 15) is 13.2 Å². The van der Waals surface area contributed by atoms with Gasteiger partial charge in [-0.05, 0) is 12.1 Å². The van der Waals surface area contributed by atoms with Gasteiger partial charge in [0.1, 0.15) is 23.6 Å². The number of hydrogen-bond donors (Lipinski definition) is 0. The van der Waals surface area contributed by atoms with Crippen LogP contribution in [0.5, 0.6) is 5.75 Å². The zero-order valence-electron chi connectivity index (χ0n) is 13.1. The number of ether oxygens (including phenoxy) is 1. The molecular weight excluding hydrogens is 321 g/mol. The predicted molar refractivity (Wildman–Crippen MR) is 84.5 cm³/mol. The van der Waals surface area contributed by atoms with E-state index in [4.69, 9.17) is 4.74 Å². The molecule has 0 spiro atoms. The van der Waals surface area contributed by atoms with Crippen LogP contribution in [0.1, 0.15) is 5.69 Å². The summed E-state index contributed by atoms with van der Waals surface area (Å²) in [6.45, 7) is 2.50. The van der Waals surface area contributed by atoms with Crippen molar-refractivity contribution in [3.63, 3.8) is 0 Å². The number of nitrogens with zero attached hydrogens (tertiary/aromatic N) is 4. The minimum atomic E-state index is -4.46. The van der Waals surface area contributed by atoms with Crippen LogP contribution in [0.2, 0.25) is 0 Å². The molecule has 1 saturated heterocycles. The summed E-state index contributed by atoms with van der Waals surface area (Å²) in [5.41, 5.74) is 0.0676. The Morgan fingerprint density at radius 1 is 1.00 bits per heavy atom. The number of methoxy groups -OCH3 is 1. The van der Waals surface area contributed by atoms with Gasteiger partial charge in [-0.25, -0.2) is 9.97 Å². The molecule has 2 aromatic rings. The summed E-state index contributed by atoms with van der Waals surface area (Å²) in [5.74, 6) is 1.09. The quantitative estimate of drug-likeness (QED) is 0.861. The minimum Gasteiger partial charge on any atom is -0.495 e. The number of aromatic nitrogens is 2. The molecule has 0 radical (unpaired) electrons. The molecule has 0 atom stereocenters. The maximum absolute atomic E-state index is 12.8. The van der Waals surface area contributed by atoms with Gasteiger partial charge in [-0.15, -0.1) is 0 Å². The van der Waals surface area contributed by atoms with Crippen LogP contribution in [0, 0.1) is 0 Å². The predicted octanol–water partition coefficient (Wildman–Crippen LogP) is 2.83. The van der Waals surface area contributed by atoms with E-state index in [-0.39, 0.29) is 0 Å². The molecule has 2 heterocycles. The summed E-state index contributed by atoms with van der Waals surface area (Å²) < 4.78 is 43.7. The maximum atomic E-state index is 12.8. The SMILES string of the molecule is COc1ccccc1N1CCN(c2cc(C(F)(F)F)ncn2)CC1. The fourth-order valence-corrected chi connectivity index (χ4v) is 2.74. The van der Waals surface area contributed by atoms with Gasteiger partial charge in [-0.1, -0.05) is 12.1 Å². The number of alkyl halides is 3. The summed E-state index contributed by atoms with van der Waals surface area (Å²) >= 11 is 0.